The molecular weight excluding hydrogens is 853 g/mol. The van der Waals surface area contributed by atoms with Gasteiger partial charge in [-0.3, -0.25) is 0 Å². The Bertz CT molecular complexity index is 4540. The molecule has 0 saturated heterocycles. The minimum absolute atomic E-state index is 1.25. The van der Waals surface area contributed by atoms with E-state index in [0.29, 0.717) is 0 Å². The van der Waals surface area contributed by atoms with Crippen molar-refractivity contribution in [1.29, 1.82) is 0 Å². The highest BCUT2D eigenvalue weighted by Crippen LogP contribution is 2.65. The molecule has 71 heavy (non-hydrogen) atoms. The normalized spacial score (nSPS) is 12.3. The maximum absolute atomic E-state index is 2.49. The zero-order chi connectivity index (χ0) is 46.5. The Hall–Kier alpha value is -9.10. The molecule has 0 nitrogen and oxygen atoms in total. The first kappa shape index (κ1) is 38.8. The maximum Gasteiger partial charge on any atom is -0.000718 e. The summed E-state index contributed by atoms with van der Waals surface area (Å²) in [6.07, 6.45) is 0. The number of hydrogen-bond donors (Lipinski definition) is 0. The SMILES string of the molecule is Cc1ccc2c(-c3cccc4ccccc34)c3c(c(-c4cccc5ccccc45)c2c1)-c1ccc2c4c(ccc-3c14)-c1c-2c(-c2cccc3ccccc23)c2ccccc2c1-c1cccc2ccccc12. The first-order valence-corrected chi connectivity index (χ1v) is 24.9. The molecule has 2 aliphatic carbocycles. The molecule has 0 aromatic heterocycles. The molecule has 0 saturated carbocycles. The summed E-state index contributed by atoms with van der Waals surface area (Å²) in [4.78, 5) is 0. The monoisotopic (exact) mass is 894 g/mol. The van der Waals surface area contributed by atoms with Gasteiger partial charge in [0.2, 0.25) is 0 Å². The molecule has 0 fully saturated rings. The predicted molar refractivity (Wildman–Crippen MR) is 304 cm³/mol. The van der Waals surface area contributed by atoms with Crippen LogP contribution in [-0.2, 0) is 0 Å². The van der Waals surface area contributed by atoms with Crippen LogP contribution in [0.2, 0.25) is 0 Å². The van der Waals surface area contributed by atoms with Crippen LogP contribution in [0.3, 0.4) is 0 Å². The minimum atomic E-state index is 1.25. The third kappa shape index (κ3) is 5.23. The van der Waals surface area contributed by atoms with Crippen LogP contribution in [0, 0.1) is 6.92 Å². The first-order valence-electron chi connectivity index (χ1n) is 24.9. The van der Waals surface area contributed by atoms with Gasteiger partial charge in [-0.05, 0) is 171 Å². The van der Waals surface area contributed by atoms with Gasteiger partial charge in [-0.1, -0.05) is 242 Å². The Morgan fingerprint density at radius 2 is 0.451 bits per heavy atom. The van der Waals surface area contributed by atoms with Crippen LogP contribution in [0.25, 0.3) is 164 Å². The van der Waals surface area contributed by atoms with Gasteiger partial charge in [0.1, 0.15) is 0 Å². The third-order valence-electron chi connectivity index (χ3n) is 16.2. The average molecular weight is 895 g/mol. The number of rotatable bonds is 4. The molecule has 0 heteroatoms. The van der Waals surface area contributed by atoms with E-state index in [9.17, 15) is 0 Å². The molecule has 0 N–H and O–H groups in total. The standard InChI is InChI=1S/C71H42/c1-41-34-35-56-61(40-41)65(53-33-15-23-45-19-5-9-27-49(45)53)71-60-39-38-58-66-57(36-37-59(67(60)66)70(71)64(56)52-32-14-22-44-18-4-8-26-48(44)52)68-62(50-30-12-20-42-16-2-6-24-46(42)50)54-28-10-11-29-55(54)63(69(58)68)51-31-13-21-43-17-3-7-25-47(43)51/h2-40H,1H3. The zero-order valence-corrected chi connectivity index (χ0v) is 39.0. The van der Waals surface area contributed by atoms with E-state index >= 15 is 0 Å². The quantitative estimate of drug-likeness (QED) is 0.165. The largest absolute Gasteiger partial charge is 0.0616 e. The fourth-order valence-corrected chi connectivity index (χ4v) is 13.3. The summed E-state index contributed by atoms with van der Waals surface area (Å²) in [5.41, 5.74) is 22.0. The van der Waals surface area contributed by atoms with E-state index in [2.05, 4.69) is 244 Å². The van der Waals surface area contributed by atoms with Crippen molar-refractivity contribution >= 4 is 75.4 Å². The summed E-state index contributed by atoms with van der Waals surface area (Å²) in [5, 5.41) is 17.9. The van der Waals surface area contributed by atoms with Gasteiger partial charge in [-0.25, -0.2) is 0 Å². The molecule has 326 valence electrons. The maximum atomic E-state index is 2.49. The van der Waals surface area contributed by atoms with Crippen LogP contribution in [0.5, 0.6) is 0 Å². The number of aryl methyl sites for hydroxylation is 1. The summed E-state index contributed by atoms with van der Waals surface area (Å²) in [5.74, 6) is 0. The predicted octanol–water partition coefficient (Wildman–Crippen LogP) is 20.0. The molecule has 0 heterocycles. The van der Waals surface area contributed by atoms with Crippen molar-refractivity contribution < 1.29 is 0 Å². The molecule has 0 aliphatic heterocycles. The Morgan fingerprint density at radius 3 is 0.789 bits per heavy atom. The second-order valence-electron chi connectivity index (χ2n) is 19.8. The molecule has 0 unspecified atom stereocenters. The van der Waals surface area contributed by atoms with Gasteiger partial charge >= 0.3 is 0 Å². The third-order valence-corrected chi connectivity index (χ3v) is 16.2. The highest BCUT2D eigenvalue weighted by molar-refractivity contribution is 6.37. The average Bonchev–Trinajstić information content (AvgIpc) is 3.93. The van der Waals surface area contributed by atoms with Gasteiger partial charge in [0.25, 0.3) is 0 Å². The van der Waals surface area contributed by atoms with E-state index in [1.54, 1.807) is 0 Å². The lowest BCUT2D eigenvalue weighted by Crippen LogP contribution is -1.96. The molecular formula is C71H42. The van der Waals surface area contributed by atoms with Gasteiger partial charge in [-0.15, -0.1) is 0 Å². The molecule has 0 atom stereocenters. The highest BCUT2D eigenvalue weighted by atomic mass is 14.4. The number of hydrogen-bond acceptors (Lipinski definition) is 0. The molecule has 0 bridgehead atoms. The lowest BCUT2D eigenvalue weighted by atomic mass is 9.80. The molecule has 0 radical (unpaired) electrons. The topological polar surface area (TPSA) is 0 Å². The van der Waals surface area contributed by atoms with Crippen molar-refractivity contribution in [1.82, 2.24) is 0 Å². The van der Waals surface area contributed by atoms with Crippen LogP contribution in [0.4, 0.5) is 0 Å². The van der Waals surface area contributed by atoms with Crippen LogP contribution in [0.15, 0.2) is 237 Å². The lowest BCUT2D eigenvalue weighted by Gasteiger charge is -2.23. The van der Waals surface area contributed by atoms with Gasteiger partial charge in [-0.2, -0.15) is 0 Å². The molecule has 14 aromatic carbocycles. The smallest absolute Gasteiger partial charge is 0.000718 e. The Kier molecular flexibility index (Phi) is 7.91. The second kappa shape index (κ2) is 14.5. The Balaban J connectivity index is 1.11. The van der Waals surface area contributed by atoms with Crippen LogP contribution < -0.4 is 0 Å². The van der Waals surface area contributed by atoms with E-state index in [1.807, 2.05) is 0 Å². The van der Waals surface area contributed by atoms with Gasteiger partial charge < -0.3 is 0 Å². The van der Waals surface area contributed by atoms with E-state index in [4.69, 9.17) is 0 Å². The number of fused-ring (bicyclic) bond motifs is 12. The Labute approximate surface area is 411 Å². The second-order valence-corrected chi connectivity index (χ2v) is 19.8. The summed E-state index contributed by atoms with van der Waals surface area (Å²) < 4.78 is 0. The fraction of sp³-hybridized carbons (Fsp3) is 0.0141. The fourth-order valence-electron chi connectivity index (χ4n) is 13.3. The van der Waals surface area contributed by atoms with Crippen LogP contribution >= 0.6 is 0 Å². The van der Waals surface area contributed by atoms with Crippen molar-refractivity contribution in [2.24, 2.45) is 0 Å². The van der Waals surface area contributed by atoms with Crippen LogP contribution in [0.1, 0.15) is 5.56 Å². The molecule has 2 aliphatic rings. The summed E-state index contributed by atoms with van der Waals surface area (Å²) in [6.45, 7) is 2.25. The summed E-state index contributed by atoms with van der Waals surface area (Å²) >= 11 is 0. The zero-order valence-electron chi connectivity index (χ0n) is 39.0. The van der Waals surface area contributed by atoms with Gasteiger partial charge in [0, 0.05) is 0 Å². The lowest BCUT2D eigenvalue weighted by molar-refractivity contribution is 1.50. The summed E-state index contributed by atoms with van der Waals surface area (Å²) in [7, 11) is 0. The van der Waals surface area contributed by atoms with Crippen molar-refractivity contribution in [2.75, 3.05) is 0 Å². The molecule has 0 spiro atoms. The van der Waals surface area contributed by atoms with Gasteiger partial charge in [0.15, 0.2) is 0 Å². The first-order chi connectivity index (χ1) is 35.2. The van der Waals surface area contributed by atoms with E-state index < -0.39 is 0 Å². The van der Waals surface area contributed by atoms with Crippen LogP contribution in [-0.4, -0.2) is 0 Å². The molecule has 0 amide bonds. The van der Waals surface area contributed by atoms with Crippen molar-refractivity contribution in [3.8, 4) is 89.0 Å². The van der Waals surface area contributed by atoms with Crippen molar-refractivity contribution in [3.63, 3.8) is 0 Å². The summed E-state index contributed by atoms with van der Waals surface area (Å²) in [6, 6.07) is 89.5. The Morgan fingerprint density at radius 1 is 0.183 bits per heavy atom. The van der Waals surface area contributed by atoms with Gasteiger partial charge in [0.05, 0.1) is 0 Å². The number of benzene rings is 14. The van der Waals surface area contributed by atoms with E-state index in [1.165, 1.54) is 170 Å². The van der Waals surface area contributed by atoms with Crippen molar-refractivity contribution in [2.45, 2.75) is 6.92 Å². The minimum Gasteiger partial charge on any atom is -0.0616 e. The molecule has 14 aromatic rings. The van der Waals surface area contributed by atoms with E-state index in [-0.39, 0.29) is 0 Å². The molecule has 16 rings (SSSR count). The van der Waals surface area contributed by atoms with E-state index in [0.717, 1.165) is 0 Å². The van der Waals surface area contributed by atoms with Crippen molar-refractivity contribution in [3.05, 3.63) is 242 Å². The highest BCUT2D eigenvalue weighted by Gasteiger charge is 2.38.